The molecule has 2 aromatic heterocycles. The van der Waals surface area contributed by atoms with Crippen LogP contribution in [0.3, 0.4) is 0 Å². The van der Waals surface area contributed by atoms with Crippen LogP contribution in [0.15, 0.2) is 29.6 Å². The van der Waals surface area contributed by atoms with Crippen LogP contribution in [-0.4, -0.2) is 33.3 Å². The third kappa shape index (κ3) is 2.53. The quantitative estimate of drug-likeness (QED) is 0.804. The van der Waals surface area contributed by atoms with E-state index in [0.717, 1.165) is 30.7 Å². The number of amides is 1. The van der Waals surface area contributed by atoms with Gasteiger partial charge in [-0.05, 0) is 41.7 Å². The van der Waals surface area contributed by atoms with E-state index in [1.165, 1.54) is 15.6 Å². The molecule has 1 unspecified atom stereocenters. The summed E-state index contributed by atoms with van der Waals surface area (Å²) in [6, 6.07) is 8.33. The Bertz CT molecular complexity index is 853. The first-order valence-corrected chi connectivity index (χ1v) is 8.71. The molecule has 23 heavy (non-hydrogen) atoms. The van der Waals surface area contributed by atoms with E-state index in [2.05, 4.69) is 32.9 Å². The number of fused-ring (bicyclic) bond motifs is 2. The molecule has 0 bridgehead atoms. The summed E-state index contributed by atoms with van der Waals surface area (Å²) in [5, 5.41) is 14.4. The maximum absolute atomic E-state index is 12.9. The van der Waals surface area contributed by atoms with Crippen LogP contribution in [0.25, 0.3) is 10.1 Å². The summed E-state index contributed by atoms with van der Waals surface area (Å²) in [7, 11) is 1.88. The van der Waals surface area contributed by atoms with Crippen molar-refractivity contribution in [3.8, 4) is 0 Å². The number of hydrogen-bond acceptors (Lipinski definition) is 4. The number of aryl methyl sites for hydroxylation is 1. The predicted octanol–water partition coefficient (Wildman–Crippen LogP) is 3.10. The molecule has 1 N–H and O–H groups in total. The van der Waals surface area contributed by atoms with Crippen molar-refractivity contribution >= 4 is 27.3 Å². The van der Waals surface area contributed by atoms with E-state index >= 15 is 0 Å². The molecule has 0 saturated carbocycles. The van der Waals surface area contributed by atoms with Gasteiger partial charge in [-0.25, -0.2) is 0 Å². The second kappa shape index (κ2) is 5.77. The van der Waals surface area contributed by atoms with E-state index in [1.807, 2.05) is 24.1 Å². The third-order valence-corrected chi connectivity index (χ3v) is 5.54. The van der Waals surface area contributed by atoms with Crippen LogP contribution >= 0.6 is 11.3 Å². The molecule has 5 nitrogen and oxygen atoms in total. The van der Waals surface area contributed by atoms with Crippen LogP contribution in [0.2, 0.25) is 0 Å². The van der Waals surface area contributed by atoms with E-state index in [4.69, 9.17) is 0 Å². The monoisotopic (exact) mass is 326 g/mol. The van der Waals surface area contributed by atoms with Gasteiger partial charge >= 0.3 is 0 Å². The zero-order valence-electron chi connectivity index (χ0n) is 13.0. The Labute approximate surface area is 138 Å². The molecule has 118 valence electrons. The summed E-state index contributed by atoms with van der Waals surface area (Å²) in [4.78, 5) is 14.7. The van der Waals surface area contributed by atoms with Crippen LogP contribution in [-0.2, 0) is 17.8 Å². The lowest BCUT2D eigenvalue weighted by Crippen LogP contribution is -2.33. The summed E-state index contributed by atoms with van der Waals surface area (Å²) in [6.07, 6.45) is 2.76. The molecule has 0 radical (unpaired) electrons. The number of H-pyrrole nitrogens is 1. The maximum atomic E-state index is 12.9. The number of carbonyl (C=O) groups is 1. The normalized spacial score (nSPS) is 17.2. The Kier molecular flexibility index (Phi) is 3.61. The van der Waals surface area contributed by atoms with Gasteiger partial charge in [-0.15, -0.1) is 11.3 Å². The topological polar surface area (TPSA) is 61.9 Å². The molecule has 0 spiro atoms. The van der Waals surface area contributed by atoms with Gasteiger partial charge < -0.3 is 4.90 Å². The fourth-order valence-electron chi connectivity index (χ4n) is 3.33. The molecule has 1 aliphatic carbocycles. The Hall–Kier alpha value is -2.21. The smallest absolute Gasteiger partial charge is 0.231 e. The van der Waals surface area contributed by atoms with Crippen molar-refractivity contribution in [2.75, 3.05) is 7.05 Å². The molecule has 3 aromatic rings. The van der Waals surface area contributed by atoms with Gasteiger partial charge in [0.1, 0.15) is 0 Å². The number of benzene rings is 1. The minimum atomic E-state index is -0.160. The Balaban J connectivity index is 1.56. The number of aromatic amines is 1. The number of rotatable bonds is 3. The van der Waals surface area contributed by atoms with Crippen LogP contribution in [0.1, 0.15) is 35.7 Å². The Morgan fingerprint density at radius 2 is 2.26 bits per heavy atom. The molecular weight excluding hydrogens is 308 g/mol. The molecule has 1 atom stereocenters. The van der Waals surface area contributed by atoms with Gasteiger partial charge in [0.25, 0.3) is 0 Å². The maximum Gasteiger partial charge on any atom is 0.231 e. The number of aromatic nitrogens is 3. The fourth-order valence-corrected chi connectivity index (χ4v) is 4.28. The summed E-state index contributed by atoms with van der Waals surface area (Å²) >= 11 is 1.73. The van der Waals surface area contributed by atoms with Crippen LogP contribution < -0.4 is 0 Å². The highest BCUT2D eigenvalue weighted by Gasteiger charge is 2.31. The highest BCUT2D eigenvalue weighted by Crippen LogP contribution is 2.31. The van der Waals surface area contributed by atoms with Gasteiger partial charge in [-0.3, -0.25) is 4.79 Å². The summed E-state index contributed by atoms with van der Waals surface area (Å²) in [5.74, 6) is -0.0254. The zero-order chi connectivity index (χ0) is 15.8. The number of carbonyl (C=O) groups excluding carboxylic acids is 1. The number of nitrogens with zero attached hydrogens (tertiary/aromatic N) is 3. The van der Waals surface area contributed by atoms with E-state index < -0.39 is 0 Å². The first-order valence-electron chi connectivity index (χ1n) is 7.83. The van der Waals surface area contributed by atoms with Gasteiger partial charge in [0.15, 0.2) is 0 Å². The Morgan fingerprint density at radius 3 is 3.17 bits per heavy atom. The van der Waals surface area contributed by atoms with Crippen molar-refractivity contribution in [1.82, 2.24) is 20.3 Å². The van der Waals surface area contributed by atoms with E-state index in [-0.39, 0.29) is 11.8 Å². The standard InChI is InChI=1S/C17H18N4OS/c1-21(9-11-10-23-15-8-3-2-5-12(11)15)17(22)13-6-4-7-14-16(13)19-20-18-14/h2-3,5,8,10,13H,4,6-7,9H2,1H3,(H,18,19,20). The number of thiophene rings is 1. The van der Waals surface area contributed by atoms with Crippen molar-refractivity contribution < 1.29 is 4.79 Å². The second-order valence-corrected chi connectivity index (χ2v) is 6.96. The van der Waals surface area contributed by atoms with Crippen molar-refractivity contribution in [3.63, 3.8) is 0 Å². The molecular formula is C17H18N4OS. The van der Waals surface area contributed by atoms with Gasteiger partial charge in [-0.1, -0.05) is 18.2 Å². The van der Waals surface area contributed by atoms with Crippen molar-refractivity contribution in [3.05, 3.63) is 46.6 Å². The average molecular weight is 326 g/mol. The molecule has 4 rings (SSSR count). The second-order valence-electron chi connectivity index (χ2n) is 6.05. The highest BCUT2D eigenvalue weighted by atomic mass is 32.1. The lowest BCUT2D eigenvalue weighted by atomic mass is 9.89. The van der Waals surface area contributed by atoms with Crippen molar-refractivity contribution in [2.45, 2.75) is 31.7 Å². The first kappa shape index (κ1) is 14.4. The molecule has 1 aliphatic rings. The Morgan fingerprint density at radius 1 is 1.39 bits per heavy atom. The fraction of sp³-hybridized carbons (Fsp3) is 0.353. The van der Waals surface area contributed by atoms with Crippen LogP contribution in [0.4, 0.5) is 0 Å². The van der Waals surface area contributed by atoms with Gasteiger partial charge in [0.05, 0.1) is 17.3 Å². The lowest BCUT2D eigenvalue weighted by molar-refractivity contribution is -0.132. The summed E-state index contributed by atoms with van der Waals surface area (Å²) in [6.45, 7) is 0.631. The van der Waals surface area contributed by atoms with E-state index in [0.29, 0.717) is 6.54 Å². The van der Waals surface area contributed by atoms with Crippen molar-refractivity contribution in [1.29, 1.82) is 0 Å². The zero-order valence-corrected chi connectivity index (χ0v) is 13.8. The van der Waals surface area contributed by atoms with Crippen LogP contribution in [0, 0.1) is 0 Å². The molecule has 0 saturated heterocycles. The molecule has 1 amide bonds. The predicted molar refractivity (Wildman–Crippen MR) is 90.4 cm³/mol. The molecule has 6 heteroatoms. The average Bonchev–Trinajstić information content (AvgIpc) is 3.21. The molecule has 0 aliphatic heterocycles. The molecule has 1 aromatic carbocycles. The minimum Gasteiger partial charge on any atom is -0.341 e. The van der Waals surface area contributed by atoms with Crippen LogP contribution in [0.5, 0.6) is 0 Å². The van der Waals surface area contributed by atoms with Gasteiger partial charge in [0.2, 0.25) is 5.91 Å². The molecule has 0 fully saturated rings. The minimum absolute atomic E-state index is 0.134. The SMILES string of the molecule is CN(Cc1csc2ccccc12)C(=O)C1CCCc2n[nH]nc21. The summed E-state index contributed by atoms with van der Waals surface area (Å²) in [5.41, 5.74) is 2.99. The van der Waals surface area contributed by atoms with Gasteiger partial charge in [-0.2, -0.15) is 15.4 Å². The molecule has 2 heterocycles. The van der Waals surface area contributed by atoms with E-state index in [1.54, 1.807) is 11.3 Å². The van der Waals surface area contributed by atoms with E-state index in [9.17, 15) is 4.79 Å². The third-order valence-electron chi connectivity index (χ3n) is 4.53. The van der Waals surface area contributed by atoms with Gasteiger partial charge in [0, 0.05) is 18.3 Å². The number of hydrogen-bond donors (Lipinski definition) is 1. The lowest BCUT2D eigenvalue weighted by Gasteiger charge is -2.25. The number of likely N-dealkylation sites (N-methyl/N-ethyl adjacent to an activating group) is 1. The largest absolute Gasteiger partial charge is 0.341 e. The van der Waals surface area contributed by atoms with Crippen molar-refractivity contribution in [2.24, 2.45) is 0 Å². The highest BCUT2D eigenvalue weighted by molar-refractivity contribution is 7.17. The first-order chi connectivity index (χ1) is 11.2. The number of nitrogens with one attached hydrogen (secondary N) is 1. The summed E-state index contributed by atoms with van der Waals surface area (Å²) < 4.78 is 1.26.